The maximum atomic E-state index is 11.4. The molecule has 3 unspecified atom stereocenters. The molecule has 0 bridgehead atoms. The molecule has 0 radical (unpaired) electrons. The molecule has 100 valence electrons. The molecule has 0 amide bonds. The third-order valence-electron chi connectivity index (χ3n) is 3.61. The van der Waals surface area contributed by atoms with Crippen molar-refractivity contribution in [2.45, 2.75) is 70.5 Å². The van der Waals surface area contributed by atoms with Crippen LogP contribution in [0.4, 0.5) is 0 Å². The average molecular weight is 242 g/mol. The fourth-order valence-corrected chi connectivity index (χ4v) is 2.77. The number of rotatable bonds is 5. The van der Waals surface area contributed by atoms with Gasteiger partial charge in [0, 0.05) is 12.1 Å². The van der Waals surface area contributed by atoms with Gasteiger partial charge in [-0.05, 0) is 32.1 Å². The first-order valence-electron chi connectivity index (χ1n) is 6.62. The summed E-state index contributed by atoms with van der Waals surface area (Å²) >= 11 is 0. The van der Waals surface area contributed by atoms with Crippen LogP contribution in [0.3, 0.4) is 0 Å². The van der Waals surface area contributed by atoms with Gasteiger partial charge in [-0.15, -0.1) is 0 Å². The lowest BCUT2D eigenvalue weighted by molar-refractivity contribution is -0.145. The normalized spacial score (nSPS) is 29.0. The van der Waals surface area contributed by atoms with Crippen molar-refractivity contribution < 1.29 is 9.90 Å². The van der Waals surface area contributed by atoms with Crippen LogP contribution in [0.5, 0.6) is 0 Å². The molecule has 1 rings (SSSR count). The van der Waals surface area contributed by atoms with Gasteiger partial charge >= 0.3 is 5.97 Å². The topological polar surface area (TPSA) is 75.3 Å². The van der Waals surface area contributed by atoms with E-state index in [2.05, 4.69) is 5.32 Å². The maximum Gasteiger partial charge on any atom is 0.323 e. The van der Waals surface area contributed by atoms with E-state index in [-0.39, 0.29) is 12.1 Å². The summed E-state index contributed by atoms with van der Waals surface area (Å²) in [7, 11) is 0. The molecule has 1 saturated carbocycles. The molecular formula is C13H26N2O2. The zero-order valence-corrected chi connectivity index (χ0v) is 11.2. The molecule has 4 nitrogen and oxygen atoms in total. The number of aliphatic carboxylic acids is 1. The Morgan fingerprint density at radius 3 is 2.53 bits per heavy atom. The van der Waals surface area contributed by atoms with Gasteiger partial charge in [0.15, 0.2) is 0 Å². The molecule has 0 spiro atoms. The van der Waals surface area contributed by atoms with Gasteiger partial charge in [0.05, 0.1) is 0 Å². The SMILES string of the molecule is CC(C)CC(C)(NC1CCCCC1N)C(=O)O. The zero-order valence-electron chi connectivity index (χ0n) is 11.2. The molecule has 0 aromatic heterocycles. The fraction of sp³-hybridized carbons (Fsp3) is 0.923. The molecule has 4 N–H and O–H groups in total. The molecule has 1 fully saturated rings. The Morgan fingerprint density at radius 1 is 1.47 bits per heavy atom. The number of hydrogen-bond donors (Lipinski definition) is 3. The smallest absolute Gasteiger partial charge is 0.323 e. The highest BCUT2D eigenvalue weighted by Crippen LogP contribution is 2.23. The van der Waals surface area contributed by atoms with Gasteiger partial charge < -0.3 is 10.8 Å². The van der Waals surface area contributed by atoms with Crippen molar-refractivity contribution in [1.82, 2.24) is 5.32 Å². The number of carbonyl (C=O) groups is 1. The minimum absolute atomic E-state index is 0.0922. The van der Waals surface area contributed by atoms with E-state index in [1.807, 2.05) is 13.8 Å². The van der Waals surface area contributed by atoms with E-state index in [1.54, 1.807) is 6.92 Å². The molecule has 3 atom stereocenters. The quantitative estimate of drug-likeness (QED) is 0.686. The van der Waals surface area contributed by atoms with Crippen molar-refractivity contribution in [2.24, 2.45) is 11.7 Å². The average Bonchev–Trinajstić information content (AvgIpc) is 2.20. The molecule has 4 heteroatoms. The van der Waals surface area contributed by atoms with Gasteiger partial charge in [-0.2, -0.15) is 0 Å². The molecule has 0 aliphatic heterocycles. The van der Waals surface area contributed by atoms with Crippen LogP contribution in [0, 0.1) is 5.92 Å². The zero-order chi connectivity index (χ0) is 13.1. The third-order valence-corrected chi connectivity index (χ3v) is 3.61. The number of nitrogens with one attached hydrogen (secondary N) is 1. The predicted molar refractivity (Wildman–Crippen MR) is 68.9 cm³/mol. The Balaban J connectivity index is 2.68. The van der Waals surface area contributed by atoms with Crippen LogP contribution in [0.2, 0.25) is 0 Å². The first kappa shape index (κ1) is 14.5. The summed E-state index contributed by atoms with van der Waals surface area (Å²) in [5, 5.41) is 12.7. The van der Waals surface area contributed by atoms with E-state index in [0.717, 1.165) is 25.7 Å². The summed E-state index contributed by atoms with van der Waals surface area (Å²) in [4.78, 5) is 11.4. The number of carboxylic acid groups (broad SMARTS) is 1. The Hall–Kier alpha value is -0.610. The van der Waals surface area contributed by atoms with Crippen molar-refractivity contribution in [3.05, 3.63) is 0 Å². The Morgan fingerprint density at radius 2 is 2.06 bits per heavy atom. The summed E-state index contributed by atoms with van der Waals surface area (Å²) in [6, 6.07) is 0.234. The van der Waals surface area contributed by atoms with Crippen LogP contribution in [0.25, 0.3) is 0 Å². The second-order valence-corrected chi connectivity index (χ2v) is 5.93. The largest absolute Gasteiger partial charge is 0.480 e. The van der Waals surface area contributed by atoms with Crippen molar-refractivity contribution in [3.63, 3.8) is 0 Å². The summed E-state index contributed by atoms with van der Waals surface area (Å²) in [6.07, 6.45) is 4.92. The lowest BCUT2D eigenvalue weighted by Gasteiger charge is -2.37. The van der Waals surface area contributed by atoms with Gasteiger partial charge in [-0.1, -0.05) is 26.7 Å². The van der Waals surface area contributed by atoms with Crippen LogP contribution in [-0.2, 0) is 4.79 Å². The Labute approximate surface area is 104 Å². The van der Waals surface area contributed by atoms with Crippen LogP contribution in [-0.4, -0.2) is 28.7 Å². The van der Waals surface area contributed by atoms with Crippen molar-refractivity contribution in [2.75, 3.05) is 0 Å². The van der Waals surface area contributed by atoms with Gasteiger partial charge in [0.25, 0.3) is 0 Å². The minimum Gasteiger partial charge on any atom is -0.480 e. The summed E-state index contributed by atoms with van der Waals surface area (Å²) in [5.41, 5.74) is 5.21. The van der Waals surface area contributed by atoms with Crippen LogP contribution >= 0.6 is 0 Å². The lowest BCUT2D eigenvalue weighted by atomic mass is 9.85. The molecule has 0 saturated heterocycles. The van der Waals surface area contributed by atoms with E-state index in [4.69, 9.17) is 5.73 Å². The molecule has 0 aromatic rings. The van der Waals surface area contributed by atoms with E-state index in [0.29, 0.717) is 12.3 Å². The second-order valence-electron chi connectivity index (χ2n) is 5.93. The monoisotopic (exact) mass is 242 g/mol. The van der Waals surface area contributed by atoms with Crippen molar-refractivity contribution in [3.8, 4) is 0 Å². The Bertz CT molecular complexity index is 268. The highest BCUT2D eigenvalue weighted by molar-refractivity contribution is 5.78. The first-order chi connectivity index (χ1) is 7.85. The fourth-order valence-electron chi connectivity index (χ4n) is 2.77. The highest BCUT2D eigenvalue weighted by Gasteiger charge is 2.37. The maximum absolute atomic E-state index is 11.4. The van der Waals surface area contributed by atoms with Crippen molar-refractivity contribution >= 4 is 5.97 Å². The summed E-state index contributed by atoms with van der Waals surface area (Å²) in [5.74, 6) is -0.424. The molecular weight excluding hydrogens is 216 g/mol. The molecule has 0 aromatic carbocycles. The first-order valence-corrected chi connectivity index (χ1v) is 6.62. The number of carboxylic acids is 1. The Kier molecular flexibility index (Phi) is 4.95. The van der Waals surface area contributed by atoms with Gasteiger partial charge in [-0.3, -0.25) is 10.1 Å². The minimum atomic E-state index is -0.853. The van der Waals surface area contributed by atoms with Crippen LogP contribution < -0.4 is 11.1 Å². The van der Waals surface area contributed by atoms with Gasteiger partial charge in [0.1, 0.15) is 5.54 Å². The van der Waals surface area contributed by atoms with Gasteiger partial charge in [0.2, 0.25) is 0 Å². The molecule has 0 heterocycles. The standard InChI is InChI=1S/C13H26N2O2/c1-9(2)8-13(3,12(16)17)15-11-7-5-4-6-10(11)14/h9-11,15H,4-8,14H2,1-3H3,(H,16,17). The van der Waals surface area contributed by atoms with E-state index in [1.165, 1.54) is 0 Å². The summed E-state index contributed by atoms with van der Waals surface area (Å²) in [6.45, 7) is 5.87. The van der Waals surface area contributed by atoms with Gasteiger partial charge in [-0.25, -0.2) is 0 Å². The van der Waals surface area contributed by atoms with E-state index < -0.39 is 11.5 Å². The lowest BCUT2D eigenvalue weighted by Crippen LogP contribution is -2.59. The van der Waals surface area contributed by atoms with Crippen molar-refractivity contribution in [1.29, 1.82) is 0 Å². The second kappa shape index (κ2) is 5.83. The number of nitrogens with two attached hydrogens (primary N) is 1. The number of hydrogen-bond acceptors (Lipinski definition) is 3. The van der Waals surface area contributed by atoms with Crippen LogP contribution in [0.1, 0.15) is 52.9 Å². The van der Waals surface area contributed by atoms with E-state index >= 15 is 0 Å². The molecule has 17 heavy (non-hydrogen) atoms. The van der Waals surface area contributed by atoms with E-state index in [9.17, 15) is 9.90 Å². The molecule has 1 aliphatic rings. The third kappa shape index (κ3) is 3.96. The highest BCUT2D eigenvalue weighted by atomic mass is 16.4. The summed E-state index contributed by atoms with van der Waals surface area (Å²) < 4.78 is 0. The molecule has 1 aliphatic carbocycles. The predicted octanol–water partition coefficient (Wildman–Crippen LogP) is 1.74. The van der Waals surface area contributed by atoms with Crippen LogP contribution in [0.15, 0.2) is 0 Å².